The van der Waals surface area contributed by atoms with Crippen molar-refractivity contribution in [2.24, 2.45) is 0 Å². The van der Waals surface area contributed by atoms with Gasteiger partial charge in [0.05, 0.1) is 12.7 Å². The zero-order chi connectivity index (χ0) is 12.7. The highest BCUT2D eigenvalue weighted by molar-refractivity contribution is 4.84. The van der Waals surface area contributed by atoms with Gasteiger partial charge in [0, 0.05) is 25.7 Å². The predicted molar refractivity (Wildman–Crippen MR) is 70.3 cm³/mol. The largest absolute Gasteiger partial charge is 0.394 e. The van der Waals surface area contributed by atoms with Crippen LogP contribution >= 0.6 is 0 Å². The number of hydrogen-bond acceptors (Lipinski definition) is 4. The Bertz CT molecular complexity index is 214. The Hall–Kier alpha value is -0.160. The summed E-state index contributed by atoms with van der Waals surface area (Å²) in [5, 5.41) is 12.8. The van der Waals surface area contributed by atoms with Gasteiger partial charge in [0.1, 0.15) is 0 Å². The Balaban J connectivity index is 2.33. The second-order valence-corrected chi connectivity index (χ2v) is 5.30. The number of hydrogen-bond donors (Lipinski definition) is 2. The normalized spacial score (nSPS) is 25.8. The molecule has 2 N–H and O–H groups in total. The summed E-state index contributed by atoms with van der Waals surface area (Å²) in [6.45, 7) is 8.49. The van der Waals surface area contributed by atoms with E-state index >= 15 is 0 Å². The minimum absolute atomic E-state index is 0.144. The van der Waals surface area contributed by atoms with Gasteiger partial charge in [0.25, 0.3) is 0 Å². The summed E-state index contributed by atoms with van der Waals surface area (Å²) in [5.41, 5.74) is -0.144. The minimum Gasteiger partial charge on any atom is -0.394 e. The van der Waals surface area contributed by atoms with Crippen LogP contribution in [-0.2, 0) is 4.74 Å². The van der Waals surface area contributed by atoms with Crippen molar-refractivity contribution in [2.75, 3.05) is 39.9 Å². The maximum absolute atomic E-state index is 9.44. The van der Waals surface area contributed by atoms with E-state index in [0.29, 0.717) is 6.10 Å². The van der Waals surface area contributed by atoms with Crippen LogP contribution < -0.4 is 5.32 Å². The van der Waals surface area contributed by atoms with Crippen LogP contribution in [0.25, 0.3) is 0 Å². The Morgan fingerprint density at radius 2 is 2.29 bits per heavy atom. The lowest BCUT2D eigenvalue weighted by Gasteiger charge is -2.35. The summed E-state index contributed by atoms with van der Waals surface area (Å²) < 4.78 is 5.42. The number of nitrogens with one attached hydrogen (secondary N) is 1. The van der Waals surface area contributed by atoms with Gasteiger partial charge < -0.3 is 20.1 Å². The third-order valence-corrected chi connectivity index (χ3v) is 3.73. The zero-order valence-electron chi connectivity index (χ0n) is 11.5. The van der Waals surface area contributed by atoms with Crippen molar-refractivity contribution < 1.29 is 9.84 Å². The quantitative estimate of drug-likeness (QED) is 0.697. The van der Waals surface area contributed by atoms with Gasteiger partial charge >= 0.3 is 0 Å². The summed E-state index contributed by atoms with van der Waals surface area (Å²) in [4.78, 5) is 2.45. The summed E-state index contributed by atoms with van der Waals surface area (Å²) in [6, 6.07) is 0. The fraction of sp³-hybridized carbons (Fsp3) is 1.00. The second-order valence-electron chi connectivity index (χ2n) is 5.30. The van der Waals surface area contributed by atoms with Crippen molar-refractivity contribution in [3.05, 3.63) is 0 Å². The van der Waals surface area contributed by atoms with Crippen LogP contribution in [0.3, 0.4) is 0 Å². The Labute approximate surface area is 105 Å². The van der Waals surface area contributed by atoms with Gasteiger partial charge in [0.15, 0.2) is 0 Å². The molecule has 0 aliphatic carbocycles. The van der Waals surface area contributed by atoms with E-state index in [0.717, 1.165) is 32.6 Å². The lowest BCUT2D eigenvalue weighted by atomic mass is 9.97. The molecular weight excluding hydrogens is 216 g/mol. The number of rotatable bonds is 7. The maximum Gasteiger partial charge on any atom is 0.0698 e. The molecule has 0 radical (unpaired) electrons. The van der Waals surface area contributed by atoms with Gasteiger partial charge in [-0.3, -0.25) is 0 Å². The third kappa shape index (κ3) is 4.92. The monoisotopic (exact) mass is 244 g/mol. The first-order chi connectivity index (χ1) is 8.13. The van der Waals surface area contributed by atoms with Gasteiger partial charge in [-0.1, -0.05) is 6.92 Å². The van der Waals surface area contributed by atoms with E-state index in [2.05, 4.69) is 24.1 Å². The fourth-order valence-corrected chi connectivity index (χ4v) is 2.46. The Morgan fingerprint density at radius 1 is 1.53 bits per heavy atom. The number of nitrogens with zero attached hydrogens (tertiary/aromatic N) is 1. The molecule has 1 saturated heterocycles. The summed E-state index contributed by atoms with van der Waals surface area (Å²) in [7, 11) is 1.80. The summed E-state index contributed by atoms with van der Waals surface area (Å²) in [6.07, 6.45) is 3.77. The van der Waals surface area contributed by atoms with E-state index in [1.165, 1.54) is 12.8 Å². The summed E-state index contributed by atoms with van der Waals surface area (Å²) in [5.74, 6) is 0. The highest BCUT2D eigenvalue weighted by Crippen LogP contribution is 2.15. The molecule has 0 aromatic rings. The molecule has 2 unspecified atom stereocenters. The van der Waals surface area contributed by atoms with Crippen LogP contribution in [0.5, 0.6) is 0 Å². The molecule has 17 heavy (non-hydrogen) atoms. The number of aliphatic hydroxyl groups excluding tert-OH is 1. The molecule has 0 bridgehead atoms. The van der Waals surface area contributed by atoms with Crippen LogP contribution in [0.15, 0.2) is 0 Å². The smallest absolute Gasteiger partial charge is 0.0698 e. The van der Waals surface area contributed by atoms with Crippen molar-refractivity contribution in [1.29, 1.82) is 0 Å². The lowest BCUT2D eigenvalue weighted by molar-refractivity contribution is 0.0265. The molecule has 1 rings (SSSR count). The van der Waals surface area contributed by atoms with Crippen molar-refractivity contribution in [3.63, 3.8) is 0 Å². The minimum atomic E-state index is -0.144. The maximum atomic E-state index is 9.44. The van der Waals surface area contributed by atoms with Crippen molar-refractivity contribution in [2.45, 2.75) is 44.8 Å². The van der Waals surface area contributed by atoms with E-state index in [1.54, 1.807) is 7.11 Å². The average molecular weight is 244 g/mol. The molecular formula is C13H28N2O2. The topological polar surface area (TPSA) is 44.7 Å². The molecule has 0 amide bonds. The summed E-state index contributed by atoms with van der Waals surface area (Å²) >= 11 is 0. The van der Waals surface area contributed by atoms with Crippen molar-refractivity contribution in [1.82, 2.24) is 10.2 Å². The SMILES string of the molecule is CCNC(C)(CO)CCN1CCCC(OC)C1. The molecule has 1 aliphatic heterocycles. The fourth-order valence-electron chi connectivity index (χ4n) is 2.46. The molecule has 4 heteroatoms. The average Bonchev–Trinajstić information content (AvgIpc) is 2.37. The van der Waals surface area contributed by atoms with Crippen LogP contribution in [0, 0.1) is 0 Å². The molecule has 102 valence electrons. The number of piperidine rings is 1. The standard InChI is InChI=1S/C13H28N2O2/c1-4-14-13(2,11-16)7-9-15-8-5-6-12(10-15)17-3/h12,14,16H,4-11H2,1-3H3. The van der Waals surface area contributed by atoms with Gasteiger partial charge in [-0.15, -0.1) is 0 Å². The van der Waals surface area contributed by atoms with E-state index in [-0.39, 0.29) is 12.1 Å². The molecule has 1 fully saturated rings. The second kappa shape index (κ2) is 7.31. The van der Waals surface area contributed by atoms with Crippen LogP contribution in [0.4, 0.5) is 0 Å². The molecule has 0 saturated carbocycles. The van der Waals surface area contributed by atoms with Crippen LogP contribution in [0.2, 0.25) is 0 Å². The van der Waals surface area contributed by atoms with E-state index in [1.807, 2.05) is 0 Å². The van der Waals surface area contributed by atoms with Crippen molar-refractivity contribution in [3.8, 4) is 0 Å². The molecule has 1 aliphatic rings. The first-order valence-electron chi connectivity index (χ1n) is 6.74. The van der Waals surface area contributed by atoms with Gasteiger partial charge in [-0.2, -0.15) is 0 Å². The number of ether oxygens (including phenoxy) is 1. The Kier molecular flexibility index (Phi) is 6.41. The molecule has 0 spiro atoms. The molecule has 0 aromatic carbocycles. The number of methoxy groups -OCH3 is 1. The number of likely N-dealkylation sites (tertiary alicyclic amines) is 1. The van der Waals surface area contributed by atoms with Gasteiger partial charge in [-0.25, -0.2) is 0 Å². The highest BCUT2D eigenvalue weighted by atomic mass is 16.5. The van der Waals surface area contributed by atoms with Gasteiger partial charge in [-0.05, 0) is 39.3 Å². The number of aliphatic hydroxyl groups is 1. The molecule has 2 atom stereocenters. The predicted octanol–water partition coefficient (Wildman–Crippen LogP) is 0.848. The van der Waals surface area contributed by atoms with Gasteiger partial charge in [0.2, 0.25) is 0 Å². The number of likely N-dealkylation sites (N-methyl/N-ethyl adjacent to an activating group) is 1. The molecule has 0 aromatic heterocycles. The van der Waals surface area contributed by atoms with Crippen LogP contribution in [0.1, 0.15) is 33.1 Å². The zero-order valence-corrected chi connectivity index (χ0v) is 11.5. The lowest BCUT2D eigenvalue weighted by Crippen LogP contribution is -2.49. The first kappa shape index (κ1) is 14.9. The van der Waals surface area contributed by atoms with E-state index in [4.69, 9.17) is 4.74 Å². The molecule has 1 heterocycles. The van der Waals surface area contributed by atoms with Crippen LogP contribution in [-0.4, -0.2) is 61.5 Å². The van der Waals surface area contributed by atoms with E-state index in [9.17, 15) is 5.11 Å². The Morgan fingerprint density at radius 3 is 2.88 bits per heavy atom. The third-order valence-electron chi connectivity index (χ3n) is 3.73. The van der Waals surface area contributed by atoms with E-state index < -0.39 is 0 Å². The first-order valence-corrected chi connectivity index (χ1v) is 6.74. The highest BCUT2D eigenvalue weighted by Gasteiger charge is 2.25. The van der Waals surface area contributed by atoms with Crippen molar-refractivity contribution >= 4 is 0 Å². The molecule has 4 nitrogen and oxygen atoms in total.